The number of carbonyl (C=O) groups excluding carboxylic acids is 4. The Balaban J connectivity index is 2.27. The van der Waals surface area contributed by atoms with E-state index in [0.717, 1.165) is 0 Å². The number of amides is 4. The Morgan fingerprint density at radius 3 is 1.98 bits per heavy atom. The summed E-state index contributed by atoms with van der Waals surface area (Å²) in [7, 11) is 0. The van der Waals surface area contributed by atoms with Crippen molar-refractivity contribution in [3.63, 3.8) is 0 Å². The Morgan fingerprint density at radius 2 is 1.40 bits per heavy atom. The van der Waals surface area contributed by atoms with Gasteiger partial charge in [0.1, 0.15) is 29.4 Å². The quantitative estimate of drug-likeness (QED) is 0.106. The molecule has 4 atom stereocenters. The molecule has 0 saturated carbocycles. The van der Waals surface area contributed by atoms with Crippen LogP contribution in [0.3, 0.4) is 0 Å². The van der Waals surface area contributed by atoms with Crippen molar-refractivity contribution in [3.8, 4) is 0 Å². The molecule has 1 heterocycles. The number of hydrogen-bond donors (Lipinski definition) is 8. The molecule has 2 rings (SSSR count). The molecular formula is C28H35N5O12. The van der Waals surface area contributed by atoms with Crippen LogP contribution in [-0.4, -0.2) is 81.0 Å². The first-order valence-corrected chi connectivity index (χ1v) is 13.7. The second-order valence-electron chi connectivity index (χ2n) is 10.5. The molecule has 0 unspecified atom stereocenters. The molecule has 4 amide bonds. The van der Waals surface area contributed by atoms with Crippen LogP contribution < -0.4 is 32.6 Å². The highest BCUT2D eigenvalue weighted by Gasteiger charge is 2.33. The summed E-state index contributed by atoms with van der Waals surface area (Å²) in [4.78, 5) is 98.0. The van der Waals surface area contributed by atoms with Gasteiger partial charge in [0.15, 0.2) is 0 Å². The summed E-state index contributed by atoms with van der Waals surface area (Å²) in [6, 6.07) is 0.249. The van der Waals surface area contributed by atoms with E-state index >= 15 is 0 Å². The zero-order valence-corrected chi connectivity index (χ0v) is 24.6. The van der Waals surface area contributed by atoms with Crippen LogP contribution in [0.25, 0.3) is 11.0 Å². The summed E-state index contributed by atoms with van der Waals surface area (Å²) in [5, 5.41) is 36.9. The highest BCUT2D eigenvalue weighted by Crippen LogP contribution is 2.22. The molecule has 0 saturated heterocycles. The highest BCUT2D eigenvalue weighted by molar-refractivity contribution is 6.02. The minimum atomic E-state index is -1.73. The number of carboxylic acids is 3. The molecule has 9 N–H and O–H groups in total. The summed E-state index contributed by atoms with van der Waals surface area (Å²) in [5.41, 5.74) is 4.94. The summed E-state index contributed by atoms with van der Waals surface area (Å²) in [6.45, 7) is 4.56. The molecule has 1 aromatic heterocycles. The molecule has 17 nitrogen and oxygen atoms in total. The number of para-hydroxylation sites is 1. The van der Waals surface area contributed by atoms with Gasteiger partial charge in [-0.15, -0.1) is 0 Å². The average molecular weight is 634 g/mol. The first kappa shape index (κ1) is 35.9. The maximum Gasteiger partial charge on any atom is 0.360 e. The number of carboxylic acid groups (broad SMARTS) is 3. The minimum Gasteiger partial charge on any atom is -0.481 e. The Bertz CT molecular complexity index is 1540. The molecule has 0 aliphatic carbocycles. The summed E-state index contributed by atoms with van der Waals surface area (Å²) >= 11 is 0. The van der Waals surface area contributed by atoms with Gasteiger partial charge in [0.2, 0.25) is 23.6 Å². The van der Waals surface area contributed by atoms with Gasteiger partial charge >= 0.3 is 23.5 Å². The molecule has 0 spiro atoms. The number of carbonyl (C=O) groups is 7. The topological polar surface area (TPSA) is 285 Å². The number of nitrogens with two attached hydrogens (primary N) is 1. The van der Waals surface area contributed by atoms with E-state index in [1.807, 2.05) is 0 Å². The van der Waals surface area contributed by atoms with E-state index in [0.29, 0.717) is 10.9 Å². The highest BCUT2D eigenvalue weighted by atomic mass is 16.4. The van der Waals surface area contributed by atoms with E-state index in [1.54, 1.807) is 24.3 Å². The van der Waals surface area contributed by atoms with Gasteiger partial charge in [-0.2, -0.15) is 0 Å². The number of aliphatic carboxylic acids is 3. The lowest BCUT2D eigenvalue weighted by Crippen LogP contribution is -2.59. The third-order valence-electron chi connectivity index (χ3n) is 6.59. The van der Waals surface area contributed by atoms with Crippen LogP contribution in [0.5, 0.6) is 0 Å². The Morgan fingerprint density at radius 1 is 0.800 bits per heavy atom. The van der Waals surface area contributed by atoms with E-state index in [9.17, 15) is 43.5 Å². The van der Waals surface area contributed by atoms with Crippen molar-refractivity contribution in [2.75, 3.05) is 5.32 Å². The summed E-state index contributed by atoms with van der Waals surface area (Å²) < 4.78 is 5.22. The maximum atomic E-state index is 13.3. The van der Waals surface area contributed by atoms with Gasteiger partial charge < -0.3 is 46.7 Å². The molecular weight excluding hydrogens is 598 g/mol. The van der Waals surface area contributed by atoms with Crippen molar-refractivity contribution in [3.05, 3.63) is 40.2 Å². The third-order valence-corrected chi connectivity index (χ3v) is 6.59. The van der Waals surface area contributed by atoms with Gasteiger partial charge in [-0.1, -0.05) is 32.0 Å². The zero-order valence-electron chi connectivity index (χ0n) is 24.6. The maximum absolute atomic E-state index is 13.3. The molecule has 0 bridgehead atoms. The van der Waals surface area contributed by atoms with Crippen LogP contribution in [0, 0.1) is 12.8 Å². The van der Waals surface area contributed by atoms with Gasteiger partial charge in [-0.25, -0.2) is 4.79 Å². The van der Waals surface area contributed by atoms with Crippen LogP contribution in [0.2, 0.25) is 0 Å². The number of aryl methyl sites for hydroxylation is 1. The summed E-state index contributed by atoms with van der Waals surface area (Å²) in [5.74, 6) is -9.01. The molecule has 17 heteroatoms. The molecule has 0 aliphatic rings. The number of benzene rings is 1. The van der Waals surface area contributed by atoms with Crippen LogP contribution >= 0.6 is 0 Å². The van der Waals surface area contributed by atoms with Gasteiger partial charge in [0.05, 0.1) is 18.9 Å². The summed E-state index contributed by atoms with van der Waals surface area (Å²) in [6.07, 6.45) is -2.72. The Kier molecular flexibility index (Phi) is 12.7. The SMILES string of the molecule is Cc1c(NC(=O)[C@H](CC(=O)O)NC(=O)[C@@H](NC(=O)[C@H](CCC(=O)O)NC(=O)[C@@H](N)CC(=O)O)C(C)C)c(=O)oc2ccccc12. The fraction of sp³-hybridized carbons (Fsp3) is 0.429. The van der Waals surface area contributed by atoms with Crippen LogP contribution in [0.15, 0.2) is 33.5 Å². The zero-order chi connectivity index (χ0) is 34.0. The molecule has 0 radical (unpaired) electrons. The van der Waals surface area contributed by atoms with Crippen molar-refractivity contribution in [1.29, 1.82) is 0 Å². The van der Waals surface area contributed by atoms with Gasteiger partial charge in [-0.05, 0) is 30.9 Å². The largest absolute Gasteiger partial charge is 0.481 e. The molecule has 45 heavy (non-hydrogen) atoms. The normalized spacial score (nSPS) is 13.6. The van der Waals surface area contributed by atoms with E-state index in [-0.39, 0.29) is 11.3 Å². The van der Waals surface area contributed by atoms with Crippen molar-refractivity contribution >= 4 is 58.2 Å². The standard InChI is InChI=1S/C28H35N5O12/c1-12(2)22(32-25(41)16(8-9-19(34)35)30-24(40)15(29)10-20(36)37)27(43)31-17(11-21(38)39)26(42)33-23-13(3)14-6-4-5-7-18(14)45-28(23)44/h4-7,12,15-17,22H,8-11,29H2,1-3H3,(H,30,40)(H,31,43)(H,32,41)(H,33,42)(H,34,35)(H,36,37)(H,38,39)/t15-,16-,17-,22-/m0/s1. The van der Waals surface area contributed by atoms with Gasteiger partial charge in [0.25, 0.3) is 0 Å². The van der Waals surface area contributed by atoms with Crippen molar-refractivity contribution in [2.45, 2.75) is 70.6 Å². The molecule has 2 aromatic rings. The monoisotopic (exact) mass is 633 g/mol. The molecule has 244 valence electrons. The number of nitrogens with one attached hydrogen (secondary N) is 4. The first-order chi connectivity index (χ1) is 21.0. The van der Waals surface area contributed by atoms with Gasteiger partial charge in [-0.3, -0.25) is 33.6 Å². The van der Waals surface area contributed by atoms with E-state index in [2.05, 4.69) is 21.3 Å². The minimum absolute atomic E-state index is 0.255. The fourth-order valence-electron chi connectivity index (χ4n) is 4.19. The lowest BCUT2D eigenvalue weighted by Gasteiger charge is -2.27. The lowest BCUT2D eigenvalue weighted by molar-refractivity contribution is -0.141. The lowest BCUT2D eigenvalue weighted by atomic mass is 10.0. The van der Waals surface area contributed by atoms with Crippen LogP contribution in [-0.2, 0) is 33.6 Å². The molecule has 0 fully saturated rings. The fourth-order valence-corrected chi connectivity index (χ4v) is 4.19. The first-order valence-electron chi connectivity index (χ1n) is 13.7. The van der Waals surface area contributed by atoms with Crippen molar-refractivity contribution < 1.29 is 53.3 Å². The van der Waals surface area contributed by atoms with E-state index in [4.69, 9.17) is 20.4 Å². The second kappa shape index (κ2) is 15.9. The number of hydrogen-bond acceptors (Lipinski definition) is 10. The Labute approximate surface area is 255 Å². The third kappa shape index (κ3) is 10.4. The molecule has 1 aromatic carbocycles. The van der Waals surface area contributed by atoms with E-state index < -0.39 is 103 Å². The predicted octanol–water partition coefficient (Wildman–Crippen LogP) is -0.708. The predicted molar refractivity (Wildman–Crippen MR) is 156 cm³/mol. The van der Waals surface area contributed by atoms with Crippen molar-refractivity contribution in [1.82, 2.24) is 16.0 Å². The average Bonchev–Trinajstić information content (AvgIpc) is 2.94. The second-order valence-corrected chi connectivity index (χ2v) is 10.5. The van der Waals surface area contributed by atoms with Gasteiger partial charge in [0, 0.05) is 11.8 Å². The van der Waals surface area contributed by atoms with Crippen LogP contribution in [0.1, 0.15) is 45.1 Å². The number of rotatable bonds is 16. The smallest absolute Gasteiger partial charge is 0.360 e. The van der Waals surface area contributed by atoms with Crippen molar-refractivity contribution in [2.24, 2.45) is 11.7 Å². The number of anilines is 1. The Hall–Kier alpha value is -5.32. The van der Waals surface area contributed by atoms with Crippen LogP contribution in [0.4, 0.5) is 5.69 Å². The number of fused-ring (bicyclic) bond motifs is 1. The van der Waals surface area contributed by atoms with E-state index in [1.165, 1.54) is 20.8 Å². The molecule has 0 aliphatic heterocycles.